The second-order valence-corrected chi connectivity index (χ2v) is 9.30. The Hall–Kier alpha value is -3.83. The van der Waals surface area contributed by atoms with Crippen LogP contribution in [0.25, 0.3) is 11.2 Å². The maximum atomic E-state index is 13.0. The van der Waals surface area contributed by atoms with Gasteiger partial charge in [-0.3, -0.25) is 14.2 Å². The molecular formula is C24H25ClN8O5. The highest BCUT2D eigenvalue weighted by atomic mass is 35.5. The van der Waals surface area contributed by atoms with Gasteiger partial charge in [0.25, 0.3) is 11.8 Å². The van der Waals surface area contributed by atoms with Crippen LogP contribution in [0.3, 0.4) is 0 Å². The first-order valence-corrected chi connectivity index (χ1v) is 12.4. The molecule has 0 radical (unpaired) electrons. The summed E-state index contributed by atoms with van der Waals surface area (Å²) in [5.41, 5.74) is 6.94. The molecule has 4 atom stereocenters. The van der Waals surface area contributed by atoms with Crippen molar-refractivity contribution in [2.24, 2.45) is 0 Å². The Kier molecular flexibility index (Phi) is 7.13. The Morgan fingerprint density at radius 2 is 2.05 bits per heavy atom. The van der Waals surface area contributed by atoms with Gasteiger partial charge < -0.3 is 30.9 Å². The van der Waals surface area contributed by atoms with Gasteiger partial charge in [-0.2, -0.15) is 0 Å². The molecule has 14 heteroatoms. The average Bonchev–Trinajstić information content (AvgIpc) is 3.58. The molecule has 5 N–H and O–H groups in total. The van der Waals surface area contributed by atoms with Gasteiger partial charge in [-0.05, 0) is 37.8 Å². The van der Waals surface area contributed by atoms with E-state index in [-0.39, 0.29) is 41.3 Å². The maximum absolute atomic E-state index is 13.0. The van der Waals surface area contributed by atoms with Gasteiger partial charge in [0, 0.05) is 18.8 Å². The number of nitrogens with zero attached hydrogens (tertiary/aromatic N) is 6. The Bertz CT molecular complexity index is 1430. The summed E-state index contributed by atoms with van der Waals surface area (Å²) in [6, 6.07) is 3.27. The number of aliphatic hydroxyl groups is 2. The first-order chi connectivity index (χ1) is 18.3. The van der Waals surface area contributed by atoms with Crippen LogP contribution in [0.2, 0.25) is 5.15 Å². The second-order valence-electron chi connectivity index (χ2n) is 8.92. The summed E-state index contributed by atoms with van der Waals surface area (Å²) in [7, 11) is 0. The van der Waals surface area contributed by atoms with Crippen LogP contribution in [-0.4, -0.2) is 88.9 Å². The molecule has 2 unspecified atom stereocenters. The largest absolute Gasteiger partial charge is 0.387 e. The number of amides is 2. The number of fused-ring (bicyclic) bond motifs is 1. The summed E-state index contributed by atoms with van der Waals surface area (Å²) in [6.07, 6.45) is -0.761. The zero-order chi connectivity index (χ0) is 27.0. The minimum absolute atomic E-state index is 0.0497. The van der Waals surface area contributed by atoms with Crippen molar-refractivity contribution in [2.45, 2.75) is 50.3 Å². The van der Waals surface area contributed by atoms with Crippen LogP contribution in [0.1, 0.15) is 42.2 Å². The Morgan fingerprint density at radius 3 is 2.74 bits per heavy atom. The molecule has 1 saturated heterocycles. The molecule has 3 aromatic heterocycles. The summed E-state index contributed by atoms with van der Waals surface area (Å²) >= 11 is 5.83. The van der Waals surface area contributed by atoms with Gasteiger partial charge in [0.15, 0.2) is 23.8 Å². The highest BCUT2D eigenvalue weighted by molar-refractivity contribution is 6.29. The topological polar surface area (TPSA) is 182 Å². The molecule has 1 saturated carbocycles. The lowest BCUT2D eigenvalue weighted by Crippen LogP contribution is -2.42. The molecule has 2 amide bonds. The Labute approximate surface area is 222 Å². The van der Waals surface area contributed by atoms with Crippen molar-refractivity contribution in [3.63, 3.8) is 0 Å². The van der Waals surface area contributed by atoms with Crippen molar-refractivity contribution in [3.05, 3.63) is 41.2 Å². The number of likely N-dealkylation sites (N-methyl/N-ethyl adjacent to an activating group) is 1. The lowest BCUT2D eigenvalue weighted by atomic mass is 10.1. The summed E-state index contributed by atoms with van der Waals surface area (Å²) in [6.45, 7) is 2.21. The summed E-state index contributed by atoms with van der Waals surface area (Å²) in [5.74, 6) is 5.15. The number of halogens is 1. The third-order valence-corrected chi connectivity index (χ3v) is 6.47. The number of hydrogen-bond donors (Lipinski definition) is 4. The number of hydrogen-bond acceptors (Lipinski definition) is 10. The minimum atomic E-state index is -1.45. The fraction of sp³-hybridized carbons (Fsp3) is 0.417. The van der Waals surface area contributed by atoms with Crippen LogP contribution in [0.4, 0.5) is 5.82 Å². The normalized spacial score (nSPS) is 22.6. The van der Waals surface area contributed by atoms with Gasteiger partial charge in [0.2, 0.25) is 5.82 Å². The Balaban J connectivity index is 1.38. The van der Waals surface area contributed by atoms with E-state index in [2.05, 4.69) is 37.1 Å². The molecule has 38 heavy (non-hydrogen) atoms. The zero-order valence-electron chi connectivity index (χ0n) is 20.3. The molecule has 198 valence electrons. The van der Waals surface area contributed by atoms with Gasteiger partial charge in [-0.15, -0.1) is 0 Å². The van der Waals surface area contributed by atoms with Crippen molar-refractivity contribution in [1.82, 2.24) is 34.7 Å². The van der Waals surface area contributed by atoms with E-state index < -0.39 is 30.4 Å². The minimum Gasteiger partial charge on any atom is -0.387 e. The fourth-order valence-electron chi connectivity index (χ4n) is 4.19. The lowest BCUT2D eigenvalue weighted by molar-refractivity contribution is -0.137. The van der Waals surface area contributed by atoms with E-state index >= 15 is 0 Å². The van der Waals surface area contributed by atoms with Crippen molar-refractivity contribution in [3.8, 4) is 11.8 Å². The van der Waals surface area contributed by atoms with E-state index in [0.717, 1.165) is 12.8 Å². The van der Waals surface area contributed by atoms with Crippen molar-refractivity contribution >= 4 is 40.4 Å². The first-order valence-electron chi connectivity index (χ1n) is 12.0. The lowest BCUT2D eigenvalue weighted by Gasteiger charge is -2.19. The van der Waals surface area contributed by atoms with E-state index in [1.165, 1.54) is 17.1 Å². The zero-order valence-corrected chi connectivity index (χ0v) is 21.0. The molecule has 4 heterocycles. The number of nitrogens with two attached hydrogens (primary N) is 1. The fourth-order valence-corrected chi connectivity index (χ4v) is 4.30. The predicted octanol–water partition coefficient (Wildman–Crippen LogP) is -0.131. The summed E-state index contributed by atoms with van der Waals surface area (Å²) in [4.78, 5) is 43.6. The Morgan fingerprint density at radius 1 is 1.26 bits per heavy atom. The molecule has 0 spiro atoms. The quantitative estimate of drug-likeness (QED) is 0.243. The second kappa shape index (κ2) is 10.5. The highest BCUT2D eigenvalue weighted by Gasteiger charge is 2.47. The van der Waals surface area contributed by atoms with Gasteiger partial charge in [0.05, 0.1) is 18.4 Å². The number of carbonyl (C=O) groups excluding carboxylic acids is 2. The molecule has 13 nitrogen and oxygen atoms in total. The standard InChI is InChI=1S/C24H25ClN8O5/c1-2-27-22(36)19-17(34)18(35)24(38-19)33-11-29-16-20(26)30-15(31-21(16)33)4-3-9-32(13-6-7-13)23(37)12-5-8-14(25)28-10-12/h5,8,10-11,13,17-19,24,34-35H,2,6-7,9H2,1H3,(H,27,36)(H2,26,30,31)/t17-,18+,19?,24?/m0/s1. The SMILES string of the molecule is CCNC(=O)C1OC(n2cnc3c(N)nc(C#CCN(C(=O)c4ccc(Cl)nc4)C4CC4)nc32)[C@H](O)[C@@H]1O. The van der Waals surface area contributed by atoms with Crippen LogP contribution in [0.15, 0.2) is 24.7 Å². The van der Waals surface area contributed by atoms with Crippen LogP contribution in [0.5, 0.6) is 0 Å². The third-order valence-electron chi connectivity index (χ3n) is 6.24. The molecule has 3 aromatic rings. The number of aliphatic hydroxyl groups excluding tert-OH is 2. The number of nitrogens with one attached hydrogen (secondary N) is 1. The van der Waals surface area contributed by atoms with Crippen molar-refractivity contribution < 1.29 is 24.5 Å². The number of rotatable bonds is 6. The molecular weight excluding hydrogens is 516 g/mol. The molecule has 5 rings (SSSR count). The van der Waals surface area contributed by atoms with E-state index in [0.29, 0.717) is 17.3 Å². The predicted molar refractivity (Wildman–Crippen MR) is 135 cm³/mol. The monoisotopic (exact) mass is 540 g/mol. The van der Waals surface area contributed by atoms with Gasteiger partial charge in [-0.1, -0.05) is 17.5 Å². The van der Waals surface area contributed by atoms with Crippen LogP contribution >= 0.6 is 11.6 Å². The van der Waals surface area contributed by atoms with E-state index in [1.807, 2.05) is 0 Å². The van der Waals surface area contributed by atoms with Gasteiger partial charge in [0.1, 0.15) is 22.9 Å². The summed E-state index contributed by atoms with van der Waals surface area (Å²) < 4.78 is 7.04. The molecule has 2 fully saturated rings. The van der Waals surface area contributed by atoms with Gasteiger partial charge in [-0.25, -0.2) is 19.9 Å². The smallest absolute Gasteiger partial charge is 0.256 e. The summed E-state index contributed by atoms with van der Waals surface area (Å²) in [5, 5.41) is 23.8. The number of nitrogen functional groups attached to an aromatic ring is 1. The molecule has 2 aliphatic rings. The molecule has 0 aromatic carbocycles. The van der Waals surface area contributed by atoms with Crippen LogP contribution in [0, 0.1) is 11.8 Å². The number of pyridine rings is 1. The van der Waals surface area contributed by atoms with Crippen molar-refractivity contribution in [1.29, 1.82) is 0 Å². The molecule has 1 aliphatic carbocycles. The number of imidazole rings is 1. The molecule has 1 aliphatic heterocycles. The van der Waals surface area contributed by atoms with Crippen LogP contribution in [-0.2, 0) is 9.53 Å². The first kappa shape index (κ1) is 25.8. The average molecular weight is 541 g/mol. The number of aromatic nitrogens is 5. The van der Waals surface area contributed by atoms with Gasteiger partial charge >= 0.3 is 0 Å². The third kappa shape index (κ3) is 4.99. The molecule has 0 bridgehead atoms. The van der Waals surface area contributed by atoms with E-state index in [4.69, 9.17) is 22.1 Å². The van der Waals surface area contributed by atoms with E-state index in [9.17, 15) is 19.8 Å². The maximum Gasteiger partial charge on any atom is 0.256 e. The van der Waals surface area contributed by atoms with Crippen LogP contribution < -0.4 is 11.1 Å². The van der Waals surface area contributed by atoms with E-state index in [1.54, 1.807) is 24.0 Å². The number of anilines is 1. The number of ether oxygens (including phenoxy) is 1. The number of carbonyl (C=O) groups is 2. The highest BCUT2D eigenvalue weighted by Crippen LogP contribution is 2.32. The van der Waals surface area contributed by atoms with Crippen molar-refractivity contribution in [2.75, 3.05) is 18.8 Å².